The molecule has 1 unspecified atom stereocenters. The molecule has 0 radical (unpaired) electrons. The van der Waals surface area contributed by atoms with Crippen LogP contribution in [0.15, 0.2) is 42.5 Å². The fourth-order valence-corrected chi connectivity index (χ4v) is 2.28. The molecule has 0 aliphatic rings. The van der Waals surface area contributed by atoms with Gasteiger partial charge in [0.1, 0.15) is 0 Å². The van der Waals surface area contributed by atoms with Crippen molar-refractivity contribution in [3.05, 3.63) is 74.3 Å². The number of nitrogens with one attached hydrogen (secondary N) is 1. The predicted molar refractivity (Wildman–Crippen MR) is 85.2 cm³/mol. The van der Waals surface area contributed by atoms with Crippen LogP contribution in [-0.4, -0.2) is 10.8 Å². The minimum Gasteiger partial charge on any atom is -0.345 e. The fourth-order valence-electron chi connectivity index (χ4n) is 2.01. The van der Waals surface area contributed by atoms with Crippen molar-refractivity contribution in [2.45, 2.75) is 19.9 Å². The van der Waals surface area contributed by atoms with Crippen molar-refractivity contribution >= 4 is 23.2 Å². The lowest BCUT2D eigenvalue weighted by atomic mass is 10.1. The quantitative estimate of drug-likeness (QED) is 0.682. The summed E-state index contributed by atoms with van der Waals surface area (Å²) in [4.78, 5) is 22.3. The summed E-state index contributed by atoms with van der Waals surface area (Å²) in [6, 6.07) is 11.4. The van der Waals surface area contributed by atoms with Crippen LogP contribution in [0, 0.1) is 17.0 Å². The van der Waals surface area contributed by atoms with E-state index < -0.39 is 4.92 Å². The average molecular weight is 319 g/mol. The zero-order chi connectivity index (χ0) is 16.3. The highest BCUT2D eigenvalue weighted by molar-refractivity contribution is 6.34. The molecule has 0 fully saturated rings. The first kappa shape index (κ1) is 16.0. The Hall–Kier alpha value is -2.40. The second kappa shape index (κ2) is 6.58. The minimum absolute atomic E-state index is 0.0582. The third kappa shape index (κ3) is 3.62. The maximum Gasteiger partial charge on any atom is 0.270 e. The third-order valence-corrected chi connectivity index (χ3v) is 3.65. The molecule has 1 N–H and O–H groups in total. The van der Waals surface area contributed by atoms with E-state index in [0.29, 0.717) is 0 Å². The van der Waals surface area contributed by atoms with Gasteiger partial charge in [0, 0.05) is 12.1 Å². The molecular weight excluding hydrogens is 304 g/mol. The van der Waals surface area contributed by atoms with Gasteiger partial charge in [-0.3, -0.25) is 14.9 Å². The number of nitro benzene ring substituents is 1. The Morgan fingerprint density at radius 1 is 1.23 bits per heavy atom. The van der Waals surface area contributed by atoms with Gasteiger partial charge in [0.2, 0.25) is 0 Å². The Morgan fingerprint density at radius 2 is 1.86 bits per heavy atom. The van der Waals surface area contributed by atoms with E-state index in [9.17, 15) is 14.9 Å². The number of nitro groups is 1. The summed E-state index contributed by atoms with van der Waals surface area (Å²) < 4.78 is 0. The fraction of sp³-hybridized carbons (Fsp3) is 0.188. The second-order valence-corrected chi connectivity index (χ2v) is 5.43. The largest absolute Gasteiger partial charge is 0.345 e. The standard InChI is InChI=1S/C16H15ClN2O3/c1-10-3-5-12(6-4-10)11(2)18-16(20)14-8-7-13(19(21)22)9-15(14)17/h3-9,11H,1-2H3,(H,18,20). The molecule has 2 rings (SSSR count). The summed E-state index contributed by atoms with van der Waals surface area (Å²) in [7, 11) is 0. The molecule has 114 valence electrons. The topological polar surface area (TPSA) is 72.2 Å². The first-order valence-corrected chi connectivity index (χ1v) is 7.07. The lowest BCUT2D eigenvalue weighted by molar-refractivity contribution is -0.384. The van der Waals surface area contributed by atoms with Crippen LogP contribution < -0.4 is 5.32 Å². The number of benzene rings is 2. The molecule has 0 aliphatic heterocycles. The molecule has 0 aromatic heterocycles. The van der Waals surface area contributed by atoms with Gasteiger partial charge >= 0.3 is 0 Å². The van der Waals surface area contributed by atoms with Crippen molar-refractivity contribution in [2.24, 2.45) is 0 Å². The van der Waals surface area contributed by atoms with Crippen LogP contribution >= 0.6 is 11.6 Å². The number of hydrogen-bond donors (Lipinski definition) is 1. The molecular formula is C16H15ClN2O3. The molecule has 0 bridgehead atoms. The van der Waals surface area contributed by atoms with Crippen LogP contribution in [0.2, 0.25) is 5.02 Å². The normalized spacial score (nSPS) is 11.8. The molecule has 0 aliphatic carbocycles. The van der Waals surface area contributed by atoms with Crippen LogP contribution in [0.5, 0.6) is 0 Å². The van der Waals surface area contributed by atoms with Crippen LogP contribution in [-0.2, 0) is 0 Å². The number of nitrogens with zero attached hydrogens (tertiary/aromatic N) is 1. The van der Waals surface area contributed by atoms with Crippen molar-refractivity contribution in [3.63, 3.8) is 0 Å². The molecule has 22 heavy (non-hydrogen) atoms. The van der Waals surface area contributed by atoms with Crippen molar-refractivity contribution < 1.29 is 9.72 Å². The maximum absolute atomic E-state index is 12.2. The average Bonchev–Trinajstić information content (AvgIpc) is 2.47. The number of non-ortho nitro benzene ring substituents is 1. The summed E-state index contributed by atoms with van der Waals surface area (Å²) >= 11 is 5.95. The predicted octanol–water partition coefficient (Wildman–Crippen LogP) is 4.05. The zero-order valence-electron chi connectivity index (χ0n) is 12.2. The second-order valence-electron chi connectivity index (χ2n) is 5.03. The molecule has 0 saturated heterocycles. The summed E-state index contributed by atoms with van der Waals surface area (Å²) in [6.45, 7) is 3.85. The van der Waals surface area contributed by atoms with Gasteiger partial charge in [-0.1, -0.05) is 41.4 Å². The summed E-state index contributed by atoms with van der Waals surface area (Å²) in [5.41, 5.74) is 2.18. The van der Waals surface area contributed by atoms with Crippen LogP contribution in [0.25, 0.3) is 0 Å². The van der Waals surface area contributed by atoms with Crippen LogP contribution in [0.4, 0.5) is 5.69 Å². The minimum atomic E-state index is -0.553. The number of amides is 1. The lowest BCUT2D eigenvalue weighted by Crippen LogP contribution is -2.26. The summed E-state index contributed by atoms with van der Waals surface area (Å²) in [5.74, 6) is -0.368. The molecule has 5 nitrogen and oxygen atoms in total. The highest BCUT2D eigenvalue weighted by atomic mass is 35.5. The van der Waals surface area contributed by atoms with E-state index in [1.54, 1.807) is 0 Å². The van der Waals surface area contributed by atoms with E-state index in [0.717, 1.165) is 11.1 Å². The number of hydrogen-bond acceptors (Lipinski definition) is 3. The lowest BCUT2D eigenvalue weighted by Gasteiger charge is -2.15. The summed E-state index contributed by atoms with van der Waals surface area (Å²) in [5, 5.41) is 13.6. The monoisotopic (exact) mass is 318 g/mol. The van der Waals surface area contributed by atoms with Gasteiger partial charge in [-0.2, -0.15) is 0 Å². The van der Waals surface area contributed by atoms with Gasteiger partial charge in [-0.25, -0.2) is 0 Å². The van der Waals surface area contributed by atoms with Gasteiger partial charge in [0.25, 0.3) is 11.6 Å². The Labute approximate surface area is 133 Å². The molecule has 2 aromatic rings. The van der Waals surface area contributed by atoms with Gasteiger partial charge in [-0.05, 0) is 25.5 Å². The maximum atomic E-state index is 12.2. The van der Waals surface area contributed by atoms with Crippen LogP contribution in [0.1, 0.15) is 34.5 Å². The number of rotatable bonds is 4. The molecule has 0 heterocycles. The van der Waals surface area contributed by atoms with Crippen molar-refractivity contribution in [2.75, 3.05) is 0 Å². The molecule has 2 aromatic carbocycles. The zero-order valence-corrected chi connectivity index (χ0v) is 12.9. The van der Waals surface area contributed by atoms with E-state index in [-0.39, 0.29) is 28.2 Å². The Bertz CT molecular complexity index is 714. The summed E-state index contributed by atoms with van der Waals surface area (Å²) in [6.07, 6.45) is 0. The number of aryl methyl sites for hydroxylation is 1. The number of carbonyl (C=O) groups is 1. The van der Waals surface area contributed by atoms with Crippen LogP contribution in [0.3, 0.4) is 0 Å². The molecule has 0 saturated carbocycles. The van der Waals surface area contributed by atoms with Crippen molar-refractivity contribution in [1.29, 1.82) is 0 Å². The van der Waals surface area contributed by atoms with E-state index >= 15 is 0 Å². The smallest absolute Gasteiger partial charge is 0.270 e. The first-order chi connectivity index (χ1) is 10.4. The van der Waals surface area contributed by atoms with E-state index in [1.807, 2.05) is 38.1 Å². The molecule has 1 amide bonds. The molecule has 0 spiro atoms. The van der Waals surface area contributed by atoms with E-state index in [1.165, 1.54) is 18.2 Å². The first-order valence-electron chi connectivity index (χ1n) is 6.70. The van der Waals surface area contributed by atoms with Gasteiger partial charge in [0.15, 0.2) is 0 Å². The third-order valence-electron chi connectivity index (χ3n) is 3.33. The van der Waals surface area contributed by atoms with E-state index in [2.05, 4.69) is 5.32 Å². The highest BCUT2D eigenvalue weighted by Gasteiger charge is 2.17. The molecule has 6 heteroatoms. The molecule has 1 atom stereocenters. The SMILES string of the molecule is Cc1ccc(C(C)NC(=O)c2ccc([N+](=O)[O-])cc2Cl)cc1. The Balaban J connectivity index is 2.15. The van der Waals surface area contributed by atoms with Gasteiger partial charge in [0.05, 0.1) is 21.6 Å². The Kier molecular flexibility index (Phi) is 4.78. The van der Waals surface area contributed by atoms with E-state index in [4.69, 9.17) is 11.6 Å². The van der Waals surface area contributed by atoms with Crippen molar-refractivity contribution in [3.8, 4) is 0 Å². The number of halogens is 1. The van der Waals surface area contributed by atoms with Crippen molar-refractivity contribution in [1.82, 2.24) is 5.32 Å². The van der Waals surface area contributed by atoms with Gasteiger partial charge < -0.3 is 5.32 Å². The number of carbonyl (C=O) groups excluding carboxylic acids is 1. The Morgan fingerprint density at radius 3 is 2.41 bits per heavy atom. The highest BCUT2D eigenvalue weighted by Crippen LogP contribution is 2.23. The van der Waals surface area contributed by atoms with Gasteiger partial charge in [-0.15, -0.1) is 0 Å².